The lowest BCUT2D eigenvalue weighted by atomic mass is 9.80. The average molecular weight is 491 g/mol. The summed E-state index contributed by atoms with van der Waals surface area (Å²) in [6.45, 7) is 3.89. The molecule has 8 heteroatoms. The van der Waals surface area contributed by atoms with Crippen LogP contribution in [0, 0.1) is 17.0 Å². The van der Waals surface area contributed by atoms with Gasteiger partial charge in [0.1, 0.15) is 29.3 Å². The van der Waals surface area contributed by atoms with Gasteiger partial charge in [0.05, 0.1) is 0 Å². The van der Waals surface area contributed by atoms with E-state index in [2.05, 4.69) is 0 Å². The second-order valence-electron chi connectivity index (χ2n) is 10.1. The van der Waals surface area contributed by atoms with E-state index in [1.165, 1.54) is 12.1 Å². The van der Waals surface area contributed by atoms with Gasteiger partial charge in [-0.05, 0) is 72.6 Å². The van der Waals surface area contributed by atoms with Gasteiger partial charge < -0.3 is 21.7 Å². The Morgan fingerprint density at radius 3 is 2.26 bits per heavy atom. The fourth-order valence-corrected chi connectivity index (χ4v) is 3.92. The maximum atomic E-state index is 13.8. The molecule has 0 aliphatic carbocycles. The fraction of sp³-hybridized carbons (Fsp3) is 0.481. The second-order valence-corrected chi connectivity index (χ2v) is 10.1. The fourth-order valence-electron chi connectivity index (χ4n) is 3.92. The van der Waals surface area contributed by atoms with Crippen LogP contribution in [0.5, 0.6) is 5.75 Å². The average Bonchev–Trinajstić information content (AvgIpc) is 2.79. The first kappa shape index (κ1) is 28.6. The third-order valence-electron chi connectivity index (χ3n) is 6.25. The van der Waals surface area contributed by atoms with Crippen molar-refractivity contribution in [1.29, 1.82) is 0 Å². The van der Waals surface area contributed by atoms with Gasteiger partial charge in [0, 0.05) is 31.3 Å². The Kier molecular flexibility index (Phi) is 10.5. The van der Waals surface area contributed by atoms with E-state index < -0.39 is 29.8 Å². The summed E-state index contributed by atoms with van der Waals surface area (Å²) in [5.41, 5.74) is 12.6. The van der Waals surface area contributed by atoms with E-state index in [-0.39, 0.29) is 54.0 Å². The molecule has 0 aromatic heterocycles. The lowest BCUT2D eigenvalue weighted by Crippen LogP contribution is -2.42. The van der Waals surface area contributed by atoms with Crippen LogP contribution in [-0.4, -0.2) is 40.0 Å². The predicted octanol–water partition coefficient (Wildman–Crippen LogP) is 3.59. The molecule has 2 rings (SSSR count). The minimum atomic E-state index is -1.30. The van der Waals surface area contributed by atoms with Crippen molar-refractivity contribution >= 4 is 11.6 Å². The molecule has 0 fully saturated rings. The van der Waals surface area contributed by atoms with E-state index in [0.29, 0.717) is 19.3 Å². The standard InChI is InChI=1S/C27H36F2N2O4/c1-27(2,11-9-22(33)16-20(30)15-18-14-19(28)5-8-23(18)29)12-10-25(34)26(35)24(31)13-17-3-6-21(32)7-4-17/h3-8,14,20,24,26,32,35H,9-13,15-16,30-31H2,1-2H3. The summed E-state index contributed by atoms with van der Waals surface area (Å²) in [5.74, 6) is -1.41. The second kappa shape index (κ2) is 12.9. The van der Waals surface area contributed by atoms with Crippen LogP contribution >= 0.6 is 0 Å². The maximum absolute atomic E-state index is 13.8. The van der Waals surface area contributed by atoms with Crippen molar-refractivity contribution in [2.75, 3.05) is 0 Å². The van der Waals surface area contributed by atoms with Gasteiger partial charge in [0.15, 0.2) is 5.78 Å². The van der Waals surface area contributed by atoms with Crippen LogP contribution in [0.2, 0.25) is 0 Å². The number of rotatable bonds is 14. The Labute approximate surface area is 205 Å². The van der Waals surface area contributed by atoms with Crippen LogP contribution in [-0.2, 0) is 22.4 Å². The summed E-state index contributed by atoms with van der Waals surface area (Å²) < 4.78 is 27.1. The molecule has 3 atom stereocenters. The van der Waals surface area contributed by atoms with Crippen LogP contribution in [0.25, 0.3) is 0 Å². The summed E-state index contributed by atoms with van der Waals surface area (Å²) in [6.07, 6.45) is 0.490. The zero-order valence-electron chi connectivity index (χ0n) is 20.3. The van der Waals surface area contributed by atoms with Crippen molar-refractivity contribution in [2.45, 2.75) is 77.0 Å². The molecule has 0 aliphatic rings. The Bertz CT molecular complexity index is 995. The molecule has 0 bridgehead atoms. The van der Waals surface area contributed by atoms with Gasteiger partial charge in [-0.3, -0.25) is 9.59 Å². The first-order valence-electron chi connectivity index (χ1n) is 11.8. The van der Waals surface area contributed by atoms with Crippen molar-refractivity contribution in [3.8, 4) is 5.75 Å². The van der Waals surface area contributed by atoms with Crippen molar-refractivity contribution in [1.82, 2.24) is 0 Å². The van der Waals surface area contributed by atoms with Crippen LogP contribution in [0.3, 0.4) is 0 Å². The number of ketones is 2. The number of carbonyl (C=O) groups is 2. The van der Waals surface area contributed by atoms with Gasteiger partial charge in [-0.15, -0.1) is 0 Å². The minimum Gasteiger partial charge on any atom is -0.508 e. The molecule has 6 nitrogen and oxygen atoms in total. The predicted molar refractivity (Wildman–Crippen MR) is 131 cm³/mol. The number of phenolic OH excluding ortho intramolecular Hbond substituents is 1. The largest absolute Gasteiger partial charge is 0.508 e. The van der Waals surface area contributed by atoms with E-state index in [1.807, 2.05) is 13.8 Å². The summed E-state index contributed by atoms with van der Waals surface area (Å²) in [5, 5.41) is 19.7. The molecule has 0 heterocycles. The molecule has 2 aromatic rings. The minimum absolute atomic E-state index is 0.0514. The third-order valence-corrected chi connectivity index (χ3v) is 6.25. The van der Waals surface area contributed by atoms with Crippen molar-refractivity contribution in [3.63, 3.8) is 0 Å². The lowest BCUT2D eigenvalue weighted by Gasteiger charge is -2.25. The summed E-state index contributed by atoms with van der Waals surface area (Å²) in [7, 11) is 0. The van der Waals surface area contributed by atoms with Crippen molar-refractivity contribution < 1.29 is 28.6 Å². The molecule has 6 N–H and O–H groups in total. The quantitative estimate of drug-likeness (QED) is 0.321. The normalized spacial score (nSPS) is 14.4. The van der Waals surface area contributed by atoms with Crippen LogP contribution in [0.4, 0.5) is 8.78 Å². The molecular weight excluding hydrogens is 454 g/mol. The van der Waals surface area contributed by atoms with E-state index in [4.69, 9.17) is 11.5 Å². The molecule has 0 amide bonds. The zero-order valence-corrected chi connectivity index (χ0v) is 20.3. The highest BCUT2D eigenvalue weighted by molar-refractivity contribution is 5.83. The van der Waals surface area contributed by atoms with Crippen LogP contribution in [0.1, 0.15) is 57.1 Å². The Hall–Kier alpha value is -2.68. The molecule has 0 radical (unpaired) electrons. The summed E-state index contributed by atoms with van der Waals surface area (Å²) >= 11 is 0. The Morgan fingerprint density at radius 1 is 0.971 bits per heavy atom. The van der Waals surface area contributed by atoms with E-state index in [0.717, 1.165) is 23.8 Å². The number of benzene rings is 2. The number of Topliss-reactive ketones (excluding diaryl/α,β-unsaturated/α-hetero) is 2. The van der Waals surface area contributed by atoms with Gasteiger partial charge in [-0.25, -0.2) is 8.78 Å². The van der Waals surface area contributed by atoms with Gasteiger partial charge in [-0.2, -0.15) is 0 Å². The van der Waals surface area contributed by atoms with Crippen molar-refractivity contribution in [2.24, 2.45) is 16.9 Å². The topological polar surface area (TPSA) is 127 Å². The highest BCUT2D eigenvalue weighted by atomic mass is 19.1. The van der Waals surface area contributed by atoms with E-state index in [9.17, 15) is 28.6 Å². The third kappa shape index (κ3) is 9.84. The molecule has 192 valence electrons. The summed E-state index contributed by atoms with van der Waals surface area (Å²) in [4.78, 5) is 24.9. The smallest absolute Gasteiger partial charge is 0.162 e. The molecule has 3 unspecified atom stereocenters. The number of aromatic hydroxyl groups is 1. The molecule has 0 aliphatic heterocycles. The Balaban J connectivity index is 1.75. The number of hydrogen-bond donors (Lipinski definition) is 4. The highest BCUT2D eigenvalue weighted by Gasteiger charge is 2.27. The molecule has 2 aromatic carbocycles. The number of carbonyl (C=O) groups excluding carboxylic acids is 2. The zero-order chi connectivity index (χ0) is 26.2. The van der Waals surface area contributed by atoms with Gasteiger partial charge in [0.2, 0.25) is 0 Å². The van der Waals surface area contributed by atoms with Crippen LogP contribution < -0.4 is 11.5 Å². The molecular formula is C27H36F2N2O4. The first-order valence-corrected chi connectivity index (χ1v) is 11.8. The van der Waals surface area contributed by atoms with Crippen LogP contribution in [0.15, 0.2) is 42.5 Å². The van der Waals surface area contributed by atoms with Gasteiger partial charge in [0.25, 0.3) is 0 Å². The Morgan fingerprint density at radius 2 is 1.60 bits per heavy atom. The molecule has 0 saturated carbocycles. The molecule has 0 saturated heterocycles. The number of hydrogen-bond acceptors (Lipinski definition) is 6. The number of aliphatic hydroxyl groups excluding tert-OH is 1. The first-order chi connectivity index (χ1) is 16.4. The van der Waals surface area contributed by atoms with E-state index in [1.54, 1.807) is 12.1 Å². The number of nitrogens with two attached hydrogens (primary N) is 2. The maximum Gasteiger partial charge on any atom is 0.162 e. The van der Waals surface area contributed by atoms with Crippen molar-refractivity contribution in [3.05, 3.63) is 65.2 Å². The number of phenols is 1. The highest BCUT2D eigenvalue weighted by Crippen LogP contribution is 2.29. The number of aliphatic hydroxyl groups is 1. The lowest BCUT2D eigenvalue weighted by molar-refractivity contribution is -0.128. The molecule has 35 heavy (non-hydrogen) atoms. The monoisotopic (exact) mass is 490 g/mol. The van der Waals surface area contributed by atoms with E-state index >= 15 is 0 Å². The van der Waals surface area contributed by atoms with Gasteiger partial charge in [-0.1, -0.05) is 26.0 Å². The molecule has 0 spiro atoms. The SMILES string of the molecule is CC(C)(CCC(=O)CC(N)Cc1cc(F)ccc1F)CCC(=O)C(O)C(N)Cc1ccc(O)cc1. The number of halogens is 2. The summed E-state index contributed by atoms with van der Waals surface area (Å²) in [6, 6.07) is 8.20. The van der Waals surface area contributed by atoms with Gasteiger partial charge >= 0.3 is 0 Å².